The van der Waals surface area contributed by atoms with Crippen molar-refractivity contribution in [3.63, 3.8) is 0 Å². The fourth-order valence-electron chi connectivity index (χ4n) is 1.28. The fraction of sp³-hybridized carbons (Fsp3) is 0.857. The summed E-state index contributed by atoms with van der Waals surface area (Å²) in [5, 5.41) is 38.6. The molecule has 7 nitrogen and oxygen atoms in total. The van der Waals surface area contributed by atoms with Crippen molar-refractivity contribution in [1.29, 1.82) is 0 Å². The Morgan fingerprint density at radius 2 is 1.86 bits per heavy atom. The highest BCUT2D eigenvalue weighted by molar-refractivity contribution is 5.47. The number of ether oxygens (including phenoxy) is 1. The van der Waals surface area contributed by atoms with Crippen LogP contribution in [0.1, 0.15) is 0 Å². The summed E-state index contributed by atoms with van der Waals surface area (Å²) in [5.74, 6) is 0. The van der Waals surface area contributed by atoms with Crippen molar-refractivity contribution in [2.45, 2.75) is 30.6 Å². The largest absolute Gasteiger partial charge is 0.394 e. The lowest BCUT2D eigenvalue weighted by molar-refractivity contribution is -0.232. The van der Waals surface area contributed by atoms with Crippen LogP contribution >= 0.6 is 0 Å². The molecule has 1 rings (SSSR count). The Morgan fingerprint density at radius 3 is 2.36 bits per heavy atom. The summed E-state index contributed by atoms with van der Waals surface area (Å²) in [6, 6.07) is 0. The minimum atomic E-state index is -1.48. The SMILES string of the molecule is O=[C]NC1O[C@H](CO)[C@H](O)[C@H](O)[C@H]1O. The van der Waals surface area contributed by atoms with E-state index in [1.54, 1.807) is 0 Å². The van der Waals surface area contributed by atoms with Gasteiger partial charge in [0, 0.05) is 0 Å². The topological polar surface area (TPSA) is 119 Å². The average Bonchev–Trinajstić information content (AvgIpc) is 2.19. The second-order valence-corrected chi connectivity index (χ2v) is 3.00. The predicted octanol–water partition coefficient (Wildman–Crippen LogP) is -3.56. The van der Waals surface area contributed by atoms with Gasteiger partial charge in [0.2, 0.25) is 0 Å². The molecule has 0 aromatic carbocycles. The molecule has 0 aromatic heterocycles. The minimum Gasteiger partial charge on any atom is -0.394 e. The summed E-state index contributed by atoms with van der Waals surface area (Å²) in [5.41, 5.74) is 0. The third kappa shape index (κ3) is 2.02. The van der Waals surface area contributed by atoms with Gasteiger partial charge in [-0.3, -0.25) is 4.79 Å². The molecular weight excluding hydrogens is 194 g/mol. The van der Waals surface area contributed by atoms with Gasteiger partial charge in [-0.1, -0.05) is 0 Å². The molecule has 1 aliphatic heterocycles. The van der Waals surface area contributed by atoms with Gasteiger partial charge in [-0.2, -0.15) is 0 Å². The van der Waals surface area contributed by atoms with E-state index >= 15 is 0 Å². The molecule has 7 heteroatoms. The van der Waals surface area contributed by atoms with Crippen molar-refractivity contribution in [3.05, 3.63) is 0 Å². The van der Waals surface area contributed by atoms with Crippen molar-refractivity contribution in [1.82, 2.24) is 5.32 Å². The summed E-state index contributed by atoms with van der Waals surface area (Å²) in [6.45, 7) is -0.526. The Balaban J connectivity index is 2.67. The van der Waals surface area contributed by atoms with E-state index in [0.29, 0.717) is 0 Å². The van der Waals surface area contributed by atoms with E-state index in [-0.39, 0.29) is 0 Å². The highest BCUT2D eigenvalue weighted by Gasteiger charge is 2.43. The number of rotatable bonds is 3. The summed E-state index contributed by atoms with van der Waals surface area (Å²) in [7, 11) is 0. The minimum absolute atomic E-state index is 0.526. The lowest BCUT2D eigenvalue weighted by Crippen LogP contribution is -2.62. The van der Waals surface area contributed by atoms with Crippen LogP contribution in [0.15, 0.2) is 0 Å². The van der Waals surface area contributed by atoms with Crippen molar-refractivity contribution in [2.24, 2.45) is 0 Å². The zero-order valence-corrected chi connectivity index (χ0v) is 7.20. The van der Waals surface area contributed by atoms with Gasteiger partial charge in [0.1, 0.15) is 24.4 Å². The maximum atomic E-state index is 9.97. The Hall–Kier alpha value is -0.730. The smallest absolute Gasteiger partial charge is 0.311 e. The molecule has 1 aliphatic rings. The Morgan fingerprint density at radius 1 is 1.21 bits per heavy atom. The van der Waals surface area contributed by atoms with Gasteiger partial charge in [0.25, 0.3) is 0 Å². The van der Waals surface area contributed by atoms with E-state index in [1.807, 2.05) is 5.32 Å². The first kappa shape index (κ1) is 11.3. The number of hydrogen-bond acceptors (Lipinski definition) is 6. The Labute approximate surface area is 79.9 Å². The maximum Gasteiger partial charge on any atom is 0.311 e. The second-order valence-electron chi connectivity index (χ2n) is 3.00. The van der Waals surface area contributed by atoms with Crippen LogP contribution in [0.2, 0.25) is 0 Å². The highest BCUT2D eigenvalue weighted by atomic mass is 16.6. The van der Waals surface area contributed by atoms with Crippen LogP contribution in [-0.4, -0.2) is 64.1 Å². The van der Waals surface area contributed by atoms with E-state index < -0.39 is 37.3 Å². The van der Waals surface area contributed by atoms with Crippen LogP contribution < -0.4 is 5.32 Å². The quantitative estimate of drug-likeness (QED) is 0.305. The number of aliphatic hydroxyl groups excluding tert-OH is 4. The lowest BCUT2D eigenvalue weighted by Gasteiger charge is -2.39. The summed E-state index contributed by atoms with van der Waals surface area (Å²) < 4.78 is 4.89. The van der Waals surface area contributed by atoms with Crippen molar-refractivity contribution >= 4 is 6.41 Å². The molecule has 0 aliphatic carbocycles. The zero-order valence-electron chi connectivity index (χ0n) is 7.20. The highest BCUT2D eigenvalue weighted by Crippen LogP contribution is 2.19. The van der Waals surface area contributed by atoms with Crippen LogP contribution in [0.5, 0.6) is 0 Å². The van der Waals surface area contributed by atoms with Gasteiger partial charge in [-0.05, 0) is 0 Å². The third-order valence-corrected chi connectivity index (χ3v) is 2.09. The summed E-state index contributed by atoms with van der Waals surface area (Å²) in [4.78, 5) is 9.97. The molecule has 14 heavy (non-hydrogen) atoms. The van der Waals surface area contributed by atoms with Crippen molar-refractivity contribution in [2.75, 3.05) is 6.61 Å². The van der Waals surface area contributed by atoms with E-state index in [1.165, 1.54) is 6.41 Å². The molecule has 1 radical (unpaired) electrons. The molecule has 1 heterocycles. The van der Waals surface area contributed by atoms with Gasteiger partial charge >= 0.3 is 6.41 Å². The molecule has 1 amide bonds. The molecule has 5 N–H and O–H groups in total. The zero-order chi connectivity index (χ0) is 10.7. The molecule has 81 valence electrons. The molecule has 0 bridgehead atoms. The average molecular weight is 206 g/mol. The number of amides is 1. The summed E-state index contributed by atoms with van der Waals surface area (Å²) in [6.07, 6.45) is -5.25. The predicted molar refractivity (Wildman–Crippen MR) is 42.6 cm³/mol. The van der Waals surface area contributed by atoms with E-state index in [4.69, 9.17) is 9.84 Å². The standard InChI is InChI=1S/C7H12NO6/c9-1-3-4(11)5(12)6(13)7(14-3)8-2-10/h3-7,9,11-13H,1H2,(H,8,10)/t3-,4+,5+,6-,7?/m1/s1. The van der Waals surface area contributed by atoms with Crippen LogP contribution in [0.3, 0.4) is 0 Å². The van der Waals surface area contributed by atoms with Gasteiger partial charge in [0.05, 0.1) is 6.61 Å². The lowest BCUT2D eigenvalue weighted by atomic mass is 9.98. The number of aliphatic hydroxyl groups is 4. The molecular formula is C7H12NO6. The molecule has 0 saturated carbocycles. The Kier molecular flexibility index (Phi) is 3.78. The van der Waals surface area contributed by atoms with Crippen LogP contribution in [0, 0.1) is 0 Å². The van der Waals surface area contributed by atoms with Gasteiger partial charge < -0.3 is 30.5 Å². The van der Waals surface area contributed by atoms with Crippen molar-refractivity contribution < 1.29 is 30.0 Å². The molecule has 1 saturated heterocycles. The summed E-state index contributed by atoms with van der Waals surface area (Å²) >= 11 is 0. The first-order valence-corrected chi connectivity index (χ1v) is 4.05. The van der Waals surface area contributed by atoms with Crippen LogP contribution in [-0.2, 0) is 9.53 Å². The Bertz CT molecular complexity index is 199. The first-order chi connectivity index (χ1) is 6.61. The molecule has 0 aromatic rings. The molecule has 1 fully saturated rings. The van der Waals surface area contributed by atoms with Gasteiger partial charge in [-0.25, -0.2) is 0 Å². The maximum absolute atomic E-state index is 9.97. The van der Waals surface area contributed by atoms with Gasteiger partial charge in [0.15, 0.2) is 6.23 Å². The van der Waals surface area contributed by atoms with Crippen LogP contribution in [0.4, 0.5) is 0 Å². The van der Waals surface area contributed by atoms with Crippen molar-refractivity contribution in [3.8, 4) is 0 Å². The monoisotopic (exact) mass is 206 g/mol. The second kappa shape index (κ2) is 4.67. The van der Waals surface area contributed by atoms with Gasteiger partial charge in [-0.15, -0.1) is 0 Å². The number of carbonyl (C=O) groups excluding carboxylic acids is 1. The first-order valence-electron chi connectivity index (χ1n) is 4.05. The number of hydrogen-bond donors (Lipinski definition) is 5. The number of nitrogens with one attached hydrogen (secondary N) is 1. The van der Waals surface area contributed by atoms with E-state index in [0.717, 1.165) is 0 Å². The van der Waals surface area contributed by atoms with Crippen LogP contribution in [0.25, 0.3) is 0 Å². The molecule has 0 spiro atoms. The fourth-order valence-corrected chi connectivity index (χ4v) is 1.28. The third-order valence-electron chi connectivity index (χ3n) is 2.09. The van der Waals surface area contributed by atoms with E-state index in [9.17, 15) is 20.1 Å². The normalized spacial score (nSPS) is 43.3. The molecule has 5 atom stereocenters. The van der Waals surface area contributed by atoms with E-state index in [2.05, 4.69) is 0 Å². The molecule has 1 unspecified atom stereocenters.